The largest absolute Gasteiger partial charge is 0.336 e. The maximum absolute atomic E-state index is 14.4. The van der Waals surface area contributed by atoms with E-state index in [1.54, 1.807) is 4.90 Å². The van der Waals surface area contributed by atoms with E-state index in [1.807, 2.05) is 6.92 Å². The molecular weight excluding hydrogens is 322 g/mol. The summed E-state index contributed by atoms with van der Waals surface area (Å²) >= 11 is 0. The number of hydrogen-bond donors (Lipinski definition) is 1. The van der Waals surface area contributed by atoms with Gasteiger partial charge in [-0.15, -0.1) is 12.4 Å². The van der Waals surface area contributed by atoms with Crippen molar-refractivity contribution in [3.8, 4) is 0 Å². The quantitative estimate of drug-likeness (QED) is 0.890. The summed E-state index contributed by atoms with van der Waals surface area (Å²) < 4.78 is 28.8. The van der Waals surface area contributed by atoms with Gasteiger partial charge < -0.3 is 10.2 Å². The summed E-state index contributed by atoms with van der Waals surface area (Å²) in [6, 6.07) is 2.43. The summed E-state index contributed by atoms with van der Waals surface area (Å²) in [5, 5.41) is 3.21. The average Bonchev–Trinajstić information content (AvgIpc) is 2.95. The van der Waals surface area contributed by atoms with E-state index in [9.17, 15) is 13.6 Å². The van der Waals surface area contributed by atoms with Gasteiger partial charge in [0, 0.05) is 12.6 Å². The highest BCUT2D eigenvalue weighted by molar-refractivity contribution is 5.95. The van der Waals surface area contributed by atoms with Crippen LogP contribution in [-0.4, -0.2) is 36.5 Å². The molecule has 0 spiro atoms. The highest BCUT2D eigenvalue weighted by atomic mass is 35.5. The van der Waals surface area contributed by atoms with Gasteiger partial charge in [-0.1, -0.05) is 0 Å². The molecule has 0 radical (unpaired) electrons. The molecule has 1 atom stereocenters. The van der Waals surface area contributed by atoms with Crippen LogP contribution in [0.3, 0.4) is 0 Å². The molecule has 0 unspecified atom stereocenters. The first-order valence-electron chi connectivity index (χ1n) is 8.08. The normalized spacial score (nSPS) is 22.0. The first kappa shape index (κ1) is 18.1. The number of carbonyl (C=O) groups is 1. The summed E-state index contributed by atoms with van der Waals surface area (Å²) in [4.78, 5) is 14.1. The van der Waals surface area contributed by atoms with Crippen LogP contribution in [0.1, 0.15) is 54.4 Å². The molecule has 0 aromatic heterocycles. The van der Waals surface area contributed by atoms with Crippen molar-refractivity contribution in [1.29, 1.82) is 0 Å². The third-order valence-electron chi connectivity index (χ3n) is 4.91. The van der Waals surface area contributed by atoms with E-state index in [2.05, 4.69) is 5.32 Å². The maximum Gasteiger partial charge on any atom is 0.257 e. The minimum atomic E-state index is -0.598. The van der Waals surface area contributed by atoms with Gasteiger partial charge in [0.25, 0.3) is 5.91 Å². The molecule has 1 amide bonds. The van der Waals surface area contributed by atoms with Gasteiger partial charge in [-0.25, -0.2) is 8.78 Å². The zero-order valence-corrected chi connectivity index (χ0v) is 14.1. The van der Waals surface area contributed by atoms with Crippen molar-refractivity contribution >= 4 is 18.3 Å². The molecule has 2 saturated heterocycles. The summed E-state index contributed by atoms with van der Waals surface area (Å²) in [5.41, 5.74) is 0.272. The van der Waals surface area contributed by atoms with Gasteiger partial charge in [0.15, 0.2) is 0 Å². The second kappa shape index (κ2) is 7.58. The van der Waals surface area contributed by atoms with Gasteiger partial charge in [0.2, 0.25) is 0 Å². The van der Waals surface area contributed by atoms with Crippen molar-refractivity contribution in [1.82, 2.24) is 10.2 Å². The van der Waals surface area contributed by atoms with Crippen molar-refractivity contribution < 1.29 is 13.6 Å². The topological polar surface area (TPSA) is 32.3 Å². The van der Waals surface area contributed by atoms with E-state index in [1.165, 1.54) is 6.07 Å². The molecule has 0 bridgehead atoms. The first-order valence-corrected chi connectivity index (χ1v) is 8.08. The standard InChI is InChI=1S/C17H22F2N2O.ClH/c1-11-3-2-8-21(11)17(22)14-10-15(18)13(9-16(14)19)12-4-6-20-7-5-12;/h9-12,20H,2-8H2,1H3;1H/t11-;/m0./s1. The molecular formula is C17H23ClF2N2O. The van der Waals surface area contributed by atoms with Gasteiger partial charge in [-0.05, 0) is 69.3 Å². The van der Waals surface area contributed by atoms with E-state index < -0.39 is 17.5 Å². The second-order valence-electron chi connectivity index (χ2n) is 6.37. The lowest BCUT2D eigenvalue weighted by atomic mass is 9.89. The number of benzene rings is 1. The van der Waals surface area contributed by atoms with E-state index in [4.69, 9.17) is 0 Å². The molecule has 6 heteroatoms. The van der Waals surface area contributed by atoms with Gasteiger partial charge in [0.1, 0.15) is 11.6 Å². The van der Waals surface area contributed by atoms with Gasteiger partial charge in [-0.2, -0.15) is 0 Å². The third kappa shape index (κ3) is 3.66. The number of carbonyl (C=O) groups excluding carboxylic acids is 1. The Labute approximate surface area is 141 Å². The SMILES string of the molecule is C[C@H]1CCCN1C(=O)c1cc(F)c(C2CCNCC2)cc1F.Cl. The minimum absolute atomic E-state index is 0. The van der Waals surface area contributed by atoms with Gasteiger partial charge >= 0.3 is 0 Å². The Morgan fingerprint density at radius 2 is 1.87 bits per heavy atom. The predicted octanol–water partition coefficient (Wildman–Crippen LogP) is 3.48. The van der Waals surface area contributed by atoms with Crippen LogP contribution in [0, 0.1) is 11.6 Å². The third-order valence-corrected chi connectivity index (χ3v) is 4.91. The van der Waals surface area contributed by atoms with Crippen molar-refractivity contribution in [3.05, 3.63) is 34.9 Å². The zero-order valence-electron chi connectivity index (χ0n) is 13.3. The fraction of sp³-hybridized carbons (Fsp3) is 0.588. The lowest BCUT2D eigenvalue weighted by molar-refractivity contribution is 0.0742. The van der Waals surface area contributed by atoms with E-state index in [0.717, 1.165) is 44.8 Å². The van der Waals surface area contributed by atoms with E-state index in [0.29, 0.717) is 12.1 Å². The molecule has 23 heavy (non-hydrogen) atoms. The van der Waals surface area contributed by atoms with E-state index in [-0.39, 0.29) is 29.9 Å². The van der Waals surface area contributed by atoms with Crippen LogP contribution in [-0.2, 0) is 0 Å². The maximum atomic E-state index is 14.4. The second-order valence-corrected chi connectivity index (χ2v) is 6.37. The molecule has 0 aliphatic carbocycles. The number of rotatable bonds is 2. The van der Waals surface area contributed by atoms with Crippen molar-refractivity contribution in [3.63, 3.8) is 0 Å². The van der Waals surface area contributed by atoms with Crippen LogP contribution < -0.4 is 5.32 Å². The fourth-order valence-electron chi connectivity index (χ4n) is 3.56. The Morgan fingerprint density at radius 1 is 1.17 bits per heavy atom. The van der Waals surface area contributed by atoms with Crippen molar-refractivity contribution in [2.24, 2.45) is 0 Å². The molecule has 1 aromatic carbocycles. The summed E-state index contributed by atoms with van der Waals surface area (Å²) in [6.45, 7) is 4.20. The average molecular weight is 345 g/mol. The lowest BCUT2D eigenvalue weighted by Gasteiger charge is -2.25. The van der Waals surface area contributed by atoms with Crippen LogP contribution in [0.4, 0.5) is 8.78 Å². The smallest absolute Gasteiger partial charge is 0.257 e. The number of nitrogens with zero attached hydrogens (tertiary/aromatic N) is 1. The van der Waals surface area contributed by atoms with Crippen LogP contribution >= 0.6 is 12.4 Å². The number of halogens is 3. The first-order chi connectivity index (χ1) is 10.6. The molecule has 2 aliphatic heterocycles. The highest BCUT2D eigenvalue weighted by Crippen LogP contribution is 2.30. The molecule has 2 heterocycles. The molecule has 2 fully saturated rings. The monoisotopic (exact) mass is 344 g/mol. The fourth-order valence-corrected chi connectivity index (χ4v) is 3.56. The number of nitrogens with one attached hydrogen (secondary N) is 1. The highest BCUT2D eigenvalue weighted by Gasteiger charge is 2.29. The molecule has 3 rings (SSSR count). The van der Waals surface area contributed by atoms with Crippen molar-refractivity contribution in [2.75, 3.05) is 19.6 Å². The Balaban J connectivity index is 0.00000192. The number of piperidine rings is 1. The van der Waals surface area contributed by atoms with Crippen molar-refractivity contribution in [2.45, 2.75) is 44.6 Å². The predicted molar refractivity (Wildman–Crippen MR) is 88.2 cm³/mol. The van der Waals surface area contributed by atoms with Crippen LogP contribution in [0.15, 0.2) is 12.1 Å². The molecule has 128 valence electrons. The molecule has 2 aliphatic rings. The van der Waals surface area contributed by atoms with Gasteiger partial charge in [0.05, 0.1) is 5.56 Å². The number of likely N-dealkylation sites (tertiary alicyclic amines) is 1. The van der Waals surface area contributed by atoms with Crippen LogP contribution in [0.2, 0.25) is 0 Å². The Bertz CT molecular complexity index is 576. The van der Waals surface area contributed by atoms with E-state index >= 15 is 0 Å². The summed E-state index contributed by atoms with van der Waals surface area (Å²) in [5.74, 6) is -1.41. The molecule has 3 nitrogen and oxygen atoms in total. The summed E-state index contributed by atoms with van der Waals surface area (Å²) in [6.07, 6.45) is 3.44. The van der Waals surface area contributed by atoms with Crippen LogP contribution in [0.25, 0.3) is 0 Å². The molecule has 1 aromatic rings. The minimum Gasteiger partial charge on any atom is -0.336 e. The Morgan fingerprint density at radius 3 is 2.48 bits per heavy atom. The summed E-state index contributed by atoms with van der Waals surface area (Å²) in [7, 11) is 0. The number of amides is 1. The van der Waals surface area contributed by atoms with Gasteiger partial charge in [-0.3, -0.25) is 4.79 Å². The Kier molecular flexibility index (Phi) is 5.98. The molecule has 1 N–H and O–H groups in total. The molecule has 0 saturated carbocycles. The number of hydrogen-bond acceptors (Lipinski definition) is 2. The lowest BCUT2D eigenvalue weighted by Crippen LogP contribution is -2.34. The zero-order chi connectivity index (χ0) is 15.7. The van der Waals surface area contributed by atoms with Crippen LogP contribution in [0.5, 0.6) is 0 Å². The Hall–Kier alpha value is -1.20.